The second-order valence-corrected chi connectivity index (χ2v) is 11.9. The average Bonchev–Trinajstić information content (AvgIpc) is 3.38. The third-order valence-electron chi connectivity index (χ3n) is 8.64. The summed E-state index contributed by atoms with van der Waals surface area (Å²) in [6.45, 7) is 6.30. The minimum atomic E-state index is -0.718. The number of ether oxygens (including phenoxy) is 1. The zero-order valence-electron chi connectivity index (χ0n) is 24.8. The van der Waals surface area contributed by atoms with E-state index in [0.29, 0.717) is 18.3 Å². The van der Waals surface area contributed by atoms with Crippen molar-refractivity contribution in [3.63, 3.8) is 0 Å². The van der Waals surface area contributed by atoms with E-state index < -0.39 is 6.04 Å². The Bertz CT molecular complexity index is 1500. The Hall–Kier alpha value is -3.86. The van der Waals surface area contributed by atoms with Gasteiger partial charge in [-0.1, -0.05) is 82.3 Å². The van der Waals surface area contributed by atoms with Gasteiger partial charge in [0.25, 0.3) is 0 Å². The first-order valence-electron chi connectivity index (χ1n) is 15.0. The lowest BCUT2D eigenvalue weighted by atomic mass is 9.83. The molecule has 41 heavy (non-hydrogen) atoms. The monoisotopic (exact) mass is 550 g/mol. The number of carbonyl (C=O) groups is 2. The molecular weight excluding hydrogens is 508 g/mol. The van der Waals surface area contributed by atoms with Gasteiger partial charge in [0, 0.05) is 29.2 Å². The van der Waals surface area contributed by atoms with E-state index in [0.717, 1.165) is 51.9 Å². The van der Waals surface area contributed by atoms with E-state index in [1.54, 1.807) is 12.0 Å². The summed E-state index contributed by atoms with van der Waals surface area (Å²) in [6.07, 6.45) is 8.32. The maximum atomic E-state index is 14.4. The number of carbonyl (C=O) groups excluding carboxylic acids is 2. The number of hydrogen-bond donors (Lipinski definition) is 1. The molecule has 0 saturated heterocycles. The van der Waals surface area contributed by atoms with Gasteiger partial charge < -0.3 is 9.72 Å². The lowest BCUT2D eigenvalue weighted by Crippen LogP contribution is -2.40. The van der Waals surface area contributed by atoms with E-state index in [9.17, 15) is 9.59 Å². The summed E-state index contributed by atoms with van der Waals surface area (Å²) in [5.74, 6) is 1.51. The number of anilines is 1. The lowest BCUT2D eigenvalue weighted by Gasteiger charge is -2.33. The van der Waals surface area contributed by atoms with Gasteiger partial charge in [-0.3, -0.25) is 14.5 Å². The Kier molecular flexibility index (Phi) is 8.92. The van der Waals surface area contributed by atoms with Crippen LogP contribution in [0.4, 0.5) is 5.69 Å². The van der Waals surface area contributed by atoms with Crippen LogP contribution in [0.1, 0.15) is 86.6 Å². The number of aromatic nitrogens is 1. The molecule has 1 atom stereocenters. The van der Waals surface area contributed by atoms with Crippen molar-refractivity contribution in [1.82, 2.24) is 4.98 Å². The molecule has 3 aromatic carbocycles. The second-order valence-electron chi connectivity index (χ2n) is 11.9. The fourth-order valence-corrected chi connectivity index (χ4v) is 6.32. The molecule has 1 aromatic heterocycles. The molecule has 1 fully saturated rings. The van der Waals surface area contributed by atoms with Crippen molar-refractivity contribution < 1.29 is 14.3 Å². The normalized spacial score (nSPS) is 14.8. The number of rotatable bonds is 10. The van der Waals surface area contributed by atoms with Crippen molar-refractivity contribution in [3.8, 4) is 5.75 Å². The molecule has 0 radical (unpaired) electrons. The predicted molar refractivity (Wildman–Crippen MR) is 167 cm³/mol. The number of amides is 1. The Balaban J connectivity index is 1.59. The number of methoxy groups -OCH3 is 1. The largest absolute Gasteiger partial charge is 0.496 e. The Morgan fingerprint density at radius 2 is 1.66 bits per heavy atom. The quantitative estimate of drug-likeness (QED) is 0.215. The van der Waals surface area contributed by atoms with Crippen LogP contribution in [0.5, 0.6) is 5.75 Å². The van der Waals surface area contributed by atoms with Crippen molar-refractivity contribution in [2.75, 3.05) is 12.0 Å². The van der Waals surface area contributed by atoms with Gasteiger partial charge >= 0.3 is 0 Å². The Morgan fingerprint density at radius 1 is 0.951 bits per heavy atom. The number of aryl methyl sites for hydroxylation is 1. The number of hydrogen-bond acceptors (Lipinski definition) is 3. The molecular formula is C36H42N2O3. The van der Waals surface area contributed by atoms with Gasteiger partial charge in [-0.2, -0.15) is 0 Å². The average molecular weight is 551 g/mol. The van der Waals surface area contributed by atoms with Crippen LogP contribution >= 0.6 is 0 Å². The molecule has 1 unspecified atom stereocenters. The molecule has 0 aliphatic heterocycles. The number of Topliss-reactive ketones (excluding diaryl/α,β-unsaturated/α-hetero) is 1. The molecule has 1 amide bonds. The van der Waals surface area contributed by atoms with Gasteiger partial charge in [-0.15, -0.1) is 0 Å². The van der Waals surface area contributed by atoms with Crippen molar-refractivity contribution in [2.45, 2.75) is 77.7 Å². The highest BCUT2D eigenvalue weighted by atomic mass is 16.5. The lowest BCUT2D eigenvalue weighted by molar-refractivity contribution is -0.125. The Morgan fingerprint density at radius 3 is 2.34 bits per heavy atom. The van der Waals surface area contributed by atoms with E-state index in [-0.39, 0.29) is 18.1 Å². The van der Waals surface area contributed by atoms with Crippen molar-refractivity contribution >= 4 is 28.3 Å². The van der Waals surface area contributed by atoms with Crippen molar-refractivity contribution in [2.24, 2.45) is 5.92 Å². The maximum absolute atomic E-state index is 14.4. The number of benzene rings is 3. The summed E-state index contributed by atoms with van der Waals surface area (Å²) >= 11 is 0. The topological polar surface area (TPSA) is 62.4 Å². The van der Waals surface area contributed by atoms with Crippen LogP contribution in [0.25, 0.3) is 10.9 Å². The molecule has 1 aliphatic carbocycles. The number of nitrogens with zero attached hydrogens (tertiary/aromatic N) is 1. The molecule has 1 heterocycles. The van der Waals surface area contributed by atoms with E-state index in [4.69, 9.17) is 4.74 Å². The zero-order chi connectivity index (χ0) is 28.9. The Labute approximate surface area is 243 Å². The predicted octanol–water partition coefficient (Wildman–Crippen LogP) is 8.46. The van der Waals surface area contributed by atoms with Crippen molar-refractivity contribution in [3.05, 3.63) is 95.2 Å². The fourth-order valence-electron chi connectivity index (χ4n) is 6.32. The van der Waals surface area contributed by atoms with E-state index >= 15 is 0 Å². The SMILES string of the molecule is COc1ccc(C(C(=O)CC2CCCCC2)N(C(=O)Cc2c[nH]c3ccccc23)c2ccc(C(C)C)cc2)cc1C. The zero-order valence-corrected chi connectivity index (χ0v) is 24.8. The molecule has 1 saturated carbocycles. The van der Waals surface area contributed by atoms with Crippen molar-refractivity contribution in [1.29, 1.82) is 0 Å². The first-order chi connectivity index (χ1) is 19.9. The van der Waals surface area contributed by atoms with Gasteiger partial charge in [-0.05, 0) is 71.3 Å². The maximum Gasteiger partial charge on any atom is 0.232 e. The molecule has 5 heteroatoms. The third kappa shape index (κ3) is 6.40. The van der Waals surface area contributed by atoms with E-state index in [1.807, 2.05) is 67.7 Å². The van der Waals surface area contributed by atoms with Gasteiger partial charge in [0.1, 0.15) is 11.8 Å². The number of ketones is 1. The van der Waals surface area contributed by atoms with Crippen LogP contribution in [-0.4, -0.2) is 23.8 Å². The van der Waals surface area contributed by atoms with Gasteiger partial charge in [-0.25, -0.2) is 0 Å². The van der Waals surface area contributed by atoms with Crippen LogP contribution in [0.2, 0.25) is 0 Å². The molecule has 1 N–H and O–H groups in total. The molecule has 4 aromatic rings. The van der Waals surface area contributed by atoms with Crippen LogP contribution in [0.3, 0.4) is 0 Å². The van der Waals surface area contributed by atoms with Crippen LogP contribution in [-0.2, 0) is 16.0 Å². The summed E-state index contributed by atoms with van der Waals surface area (Å²) in [5.41, 5.74) is 5.64. The number of nitrogens with one attached hydrogen (secondary N) is 1. The summed E-state index contributed by atoms with van der Waals surface area (Å²) < 4.78 is 5.53. The summed E-state index contributed by atoms with van der Waals surface area (Å²) in [7, 11) is 1.65. The third-order valence-corrected chi connectivity index (χ3v) is 8.64. The first-order valence-corrected chi connectivity index (χ1v) is 15.0. The van der Waals surface area contributed by atoms with Gasteiger partial charge in [0.2, 0.25) is 5.91 Å². The number of H-pyrrole nitrogens is 1. The van der Waals surface area contributed by atoms with Crippen LogP contribution in [0, 0.1) is 12.8 Å². The number of para-hydroxylation sites is 1. The molecule has 5 rings (SSSR count). The smallest absolute Gasteiger partial charge is 0.232 e. The molecule has 214 valence electrons. The molecule has 0 spiro atoms. The highest BCUT2D eigenvalue weighted by Gasteiger charge is 2.34. The minimum Gasteiger partial charge on any atom is -0.496 e. The summed E-state index contributed by atoms with van der Waals surface area (Å²) in [5, 5.41) is 1.03. The molecule has 0 bridgehead atoms. The minimum absolute atomic E-state index is 0.0949. The van der Waals surface area contributed by atoms with E-state index in [2.05, 4.69) is 31.0 Å². The first kappa shape index (κ1) is 28.7. The molecule has 1 aliphatic rings. The highest BCUT2D eigenvalue weighted by molar-refractivity contribution is 6.04. The van der Waals surface area contributed by atoms with Gasteiger partial charge in [0.15, 0.2) is 5.78 Å². The van der Waals surface area contributed by atoms with E-state index in [1.165, 1.54) is 24.8 Å². The standard InChI is InChI=1S/C36H42N2O3/c1-24(2)27-14-17-30(18-15-27)38(35(40)22-29-23-37-32-13-9-8-12-31(29)32)36(28-16-19-34(41-4)25(3)20-28)33(39)21-26-10-6-5-7-11-26/h8-9,12-20,23-24,26,36-37H,5-7,10-11,21-22H2,1-4H3. The number of aromatic amines is 1. The van der Waals surface area contributed by atoms with Gasteiger partial charge in [0.05, 0.1) is 13.5 Å². The summed E-state index contributed by atoms with van der Waals surface area (Å²) in [4.78, 5) is 33.8. The van der Waals surface area contributed by atoms with Crippen LogP contribution in [0.15, 0.2) is 72.9 Å². The van der Waals surface area contributed by atoms with Crippen LogP contribution < -0.4 is 9.64 Å². The second kappa shape index (κ2) is 12.8. The molecule has 5 nitrogen and oxygen atoms in total. The summed E-state index contributed by atoms with van der Waals surface area (Å²) in [6, 6.07) is 21.3. The number of fused-ring (bicyclic) bond motifs is 1. The highest BCUT2D eigenvalue weighted by Crippen LogP contribution is 2.36. The fraction of sp³-hybridized carbons (Fsp3) is 0.389.